The van der Waals surface area contributed by atoms with Gasteiger partial charge in [0, 0.05) is 31.0 Å². The molecule has 17 heavy (non-hydrogen) atoms. The topological polar surface area (TPSA) is 65.9 Å². The number of hydrogen-bond donors (Lipinski definition) is 1. The molecule has 0 atom stereocenters. The lowest BCUT2D eigenvalue weighted by atomic mass is 10.2. The fraction of sp³-hybridized carbons (Fsp3) is 0.538. The lowest BCUT2D eigenvalue weighted by Gasteiger charge is -2.25. The van der Waals surface area contributed by atoms with Gasteiger partial charge in [-0.1, -0.05) is 13.8 Å². The van der Waals surface area contributed by atoms with E-state index < -0.39 is 0 Å². The number of nitrogens with zero attached hydrogens (tertiary/aromatic N) is 3. The Kier molecular flexibility index (Phi) is 4.77. The van der Waals surface area contributed by atoms with Crippen molar-refractivity contribution in [2.45, 2.75) is 27.2 Å². The van der Waals surface area contributed by atoms with Crippen LogP contribution in [0.3, 0.4) is 0 Å². The van der Waals surface area contributed by atoms with Gasteiger partial charge in [0.1, 0.15) is 5.82 Å². The predicted molar refractivity (Wildman–Crippen MR) is 70.7 cm³/mol. The number of hydrogen-bond acceptors (Lipinski definition) is 4. The Morgan fingerprint density at radius 3 is 2.76 bits per heavy atom. The lowest BCUT2D eigenvalue weighted by molar-refractivity contribution is 0.608. The summed E-state index contributed by atoms with van der Waals surface area (Å²) in [6.45, 7) is 7.82. The molecule has 4 nitrogen and oxygen atoms in total. The molecule has 1 rings (SSSR count). The number of anilines is 2. The second-order valence-corrected chi connectivity index (χ2v) is 4.65. The molecule has 2 N–H and O–H groups in total. The molecule has 0 saturated heterocycles. The van der Waals surface area contributed by atoms with Crippen molar-refractivity contribution >= 4 is 11.5 Å². The third-order valence-corrected chi connectivity index (χ3v) is 2.53. The van der Waals surface area contributed by atoms with Crippen molar-refractivity contribution in [1.29, 1.82) is 5.26 Å². The molecule has 0 fully saturated rings. The molecule has 4 heteroatoms. The minimum absolute atomic E-state index is 0.502. The summed E-state index contributed by atoms with van der Waals surface area (Å²) in [6, 6.07) is 4.05. The van der Waals surface area contributed by atoms with E-state index in [4.69, 9.17) is 11.0 Å². The van der Waals surface area contributed by atoms with E-state index in [1.165, 1.54) is 0 Å². The second kappa shape index (κ2) is 6.09. The molecule has 0 bridgehead atoms. The van der Waals surface area contributed by atoms with E-state index in [-0.39, 0.29) is 0 Å². The van der Waals surface area contributed by atoms with Gasteiger partial charge in [0.2, 0.25) is 0 Å². The number of aromatic nitrogens is 1. The number of nitriles is 1. The lowest BCUT2D eigenvalue weighted by Crippen LogP contribution is -2.29. The third kappa shape index (κ3) is 3.95. The van der Waals surface area contributed by atoms with Crippen LogP contribution in [0.25, 0.3) is 0 Å². The minimum atomic E-state index is 0.502. The van der Waals surface area contributed by atoms with Crippen molar-refractivity contribution in [1.82, 2.24) is 4.98 Å². The van der Waals surface area contributed by atoms with E-state index in [2.05, 4.69) is 29.8 Å². The summed E-state index contributed by atoms with van der Waals surface area (Å²) >= 11 is 0. The summed E-state index contributed by atoms with van der Waals surface area (Å²) in [4.78, 5) is 6.50. The van der Waals surface area contributed by atoms with Gasteiger partial charge in [0.15, 0.2) is 0 Å². The van der Waals surface area contributed by atoms with Gasteiger partial charge in [0.25, 0.3) is 0 Å². The Morgan fingerprint density at radius 1 is 1.53 bits per heavy atom. The van der Waals surface area contributed by atoms with Crippen LogP contribution in [-0.2, 0) is 0 Å². The van der Waals surface area contributed by atoms with Crippen LogP contribution in [0.5, 0.6) is 0 Å². The van der Waals surface area contributed by atoms with E-state index in [1.807, 2.05) is 13.0 Å². The van der Waals surface area contributed by atoms with Crippen LogP contribution < -0.4 is 10.6 Å². The maximum atomic E-state index is 8.67. The molecule has 1 aromatic rings. The van der Waals surface area contributed by atoms with Crippen molar-refractivity contribution in [2.24, 2.45) is 5.92 Å². The number of rotatable bonds is 5. The van der Waals surface area contributed by atoms with Crippen molar-refractivity contribution in [3.63, 3.8) is 0 Å². The first kappa shape index (κ1) is 13.3. The molecule has 0 aliphatic heterocycles. The Morgan fingerprint density at radius 2 is 2.24 bits per heavy atom. The number of nitrogen functional groups attached to an aromatic ring is 1. The fourth-order valence-electron chi connectivity index (χ4n) is 1.63. The zero-order valence-corrected chi connectivity index (χ0v) is 10.8. The van der Waals surface area contributed by atoms with Gasteiger partial charge in [-0.15, -0.1) is 0 Å². The molecular formula is C13H20N4. The van der Waals surface area contributed by atoms with Crippen LogP contribution in [0, 0.1) is 24.2 Å². The number of nitrogens with two attached hydrogens (primary N) is 1. The van der Waals surface area contributed by atoms with E-state index in [1.54, 1.807) is 6.20 Å². The van der Waals surface area contributed by atoms with E-state index >= 15 is 0 Å². The summed E-state index contributed by atoms with van der Waals surface area (Å²) in [5.74, 6) is 1.38. The molecule has 0 radical (unpaired) electrons. The molecule has 1 aromatic heterocycles. The highest BCUT2D eigenvalue weighted by atomic mass is 15.2. The summed E-state index contributed by atoms with van der Waals surface area (Å²) in [5, 5.41) is 8.67. The Labute approximate surface area is 103 Å². The van der Waals surface area contributed by atoms with Gasteiger partial charge in [-0.05, 0) is 18.4 Å². The van der Waals surface area contributed by atoms with Crippen molar-refractivity contribution in [3.8, 4) is 6.07 Å². The molecule has 1 heterocycles. The maximum absolute atomic E-state index is 8.67. The van der Waals surface area contributed by atoms with Crippen LogP contribution in [-0.4, -0.2) is 18.1 Å². The fourth-order valence-corrected chi connectivity index (χ4v) is 1.63. The number of pyridine rings is 1. The third-order valence-electron chi connectivity index (χ3n) is 2.53. The summed E-state index contributed by atoms with van der Waals surface area (Å²) in [6.07, 6.45) is 2.28. The molecule has 0 unspecified atom stereocenters. The van der Waals surface area contributed by atoms with Gasteiger partial charge < -0.3 is 10.6 Å². The number of aryl methyl sites for hydroxylation is 1. The average Bonchev–Trinajstić information content (AvgIpc) is 2.27. The van der Waals surface area contributed by atoms with Crippen molar-refractivity contribution in [3.05, 3.63) is 17.8 Å². The summed E-state index contributed by atoms with van der Waals surface area (Å²) < 4.78 is 0. The monoisotopic (exact) mass is 232 g/mol. The molecular weight excluding hydrogens is 212 g/mol. The van der Waals surface area contributed by atoms with Crippen LogP contribution >= 0.6 is 0 Å². The highest BCUT2D eigenvalue weighted by Gasteiger charge is 2.10. The minimum Gasteiger partial charge on any atom is -0.398 e. The predicted octanol–water partition coefficient (Wildman–Crippen LogP) is 2.35. The van der Waals surface area contributed by atoms with Gasteiger partial charge in [0.05, 0.1) is 12.5 Å². The molecule has 0 aromatic carbocycles. The maximum Gasteiger partial charge on any atom is 0.130 e. The average molecular weight is 232 g/mol. The summed E-state index contributed by atoms with van der Waals surface area (Å²) in [7, 11) is 0. The second-order valence-electron chi connectivity index (χ2n) is 4.65. The zero-order chi connectivity index (χ0) is 12.8. The van der Waals surface area contributed by atoms with E-state index in [0.717, 1.165) is 23.6 Å². The zero-order valence-electron chi connectivity index (χ0n) is 10.8. The quantitative estimate of drug-likeness (QED) is 0.846. The first-order chi connectivity index (χ1) is 8.04. The molecule has 0 aliphatic rings. The van der Waals surface area contributed by atoms with Crippen LogP contribution in [0.15, 0.2) is 12.3 Å². The molecule has 0 saturated carbocycles. The SMILES string of the molecule is Cc1cnc(N(CCC#N)CC(C)C)cc1N. The van der Waals surface area contributed by atoms with Crippen LogP contribution in [0.4, 0.5) is 11.5 Å². The molecule has 0 spiro atoms. The molecule has 92 valence electrons. The smallest absolute Gasteiger partial charge is 0.130 e. The van der Waals surface area contributed by atoms with Crippen molar-refractivity contribution < 1.29 is 0 Å². The van der Waals surface area contributed by atoms with Gasteiger partial charge in [-0.2, -0.15) is 5.26 Å². The highest BCUT2D eigenvalue weighted by Crippen LogP contribution is 2.18. The highest BCUT2D eigenvalue weighted by molar-refractivity contribution is 5.54. The Balaban J connectivity index is 2.87. The Bertz CT molecular complexity index is 406. The molecule has 0 amide bonds. The van der Waals surface area contributed by atoms with Gasteiger partial charge in [-0.3, -0.25) is 0 Å². The van der Waals surface area contributed by atoms with Gasteiger partial charge in [-0.25, -0.2) is 4.98 Å². The normalized spacial score (nSPS) is 10.3. The summed E-state index contributed by atoms with van der Waals surface area (Å²) in [5.41, 5.74) is 7.62. The van der Waals surface area contributed by atoms with Crippen LogP contribution in [0.1, 0.15) is 25.8 Å². The van der Waals surface area contributed by atoms with Gasteiger partial charge >= 0.3 is 0 Å². The standard InChI is InChI=1S/C13H20N4/c1-10(2)9-17(6-4-5-14)13-7-12(15)11(3)8-16-13/h7-8,10H,4,6,9H2,1-3H3,(H2,15,16). The van der Waals surface area contributed by atoms with E-state index in [0.29, 0.717) is 18.9 Å². The first-order valence-corrected chi connectivity index (χ1v) is 5.88. The first-order valence-electron chi connectivity index (χ1n) is 5.88. The molecule has 0 aliphatic carbocycles. The Hall–Kier alpha value is -1.76. The van der Waals surface area contributed by atoms with E-state index in [9.17, 15) is 0 Å². The van der Waals surface area contributed by atoms with Crippen LogP contribution in [0.2, 0.25) is 0 Å². The largest absolute Gasteiger partial charge is 0.398 e. The van der Waals surface area contributed by atoms with Crippen molar-refractivity contribution in [2.75, 3.05) is 23.7 Å².